The minimum absolute atomic E-state index is 0.0427. The fourth-order valence-corrected chi connectivity index (χ4v) is 9.71. The summed E-state index contributed by atoms with van der Waals surface area (Å²) in [5, 5.41) is 0.466. The summed E-state index contributed by atoms with van der Waals surface area (Å²) in [4.78, 5) is 18.1. The third-order valence-corrected chi connectivity index (χ3v) is 13.9. The molecule has 4 nitrogen and oxygen atoms in total. The predicted octanol–water partition coefficient (Wildman–Crippen LogP) is 10.2. The molecular weight excluding hydrogens is 693 g/mol. The molecule has 1 saturated heterocycles. The standard InChI is InChI=1S/C41H48F4N2O2S2/c1-24-20-38(41(7,8)31-12-15-34(42)36(44)21-31)47(32-13-16-35(43)37(45)22-32)40(26(24)3)50-23-30-11-14-33(19-25(30)2)51(49)29(6)27(4)39(48)28(5)46-17-9-10-18-46/h11-16,19-22,24,27-29H,9-10,17-18,23H2,1-8H3. The normalized spacial score (nSPS) is 19.6. The Labute approximate surface area is 306 Å². The highest BCUT2D eigenvalue weighted by atomic mass is 32.2. The molecule has 2 aliphatic rings. The molecule has 0 amide bonds. The zero-order valence-electron chi connectivity index (χ0n) is 30.7. The van der Waals surface area contributed by atoms with Gasteiger partial charge in [-0.3, -0.25) is 13.9 Å². The number of carbonyl (C=O) groups is 1. The Morgan fingerprint density at radius 2 is 1.53 bits per heavy atom. The third-order valence-electron chi connectivity index (χ3n) is 10.8. The highest BCUT2D eigenvalue weighted by Crippen LogP contribution is 2.47. The molecule has 3 aromatic carbocycles. The number of hydrogen-bond acceptors (Lipinski definition) is 5. The van der Waals surface area contributed by atoms with Gasteiger partial charge in [-0.05, 0) is 118 Å². The van der Waals surface area contributed by atoms with E-state index in [1.165, 1.54) is 12.1 Å². The summed E-state index contributed by atoms with van der Waals surface area (Å²) in [6.45, 7) is 17.4. The maximum atomic E-state index is 14.8. The number of ketones is 1. The van der Waals surface area contributed by atoms with Crippen LogP contribution in [0.15, 0.2) is 81.9 Å². The first-order chi connectivity index (χ1) is 24.0. The maximum absolute atomic E-state index is 14.8. The average Bonchev–Trinajstić information content (AvgIpc) is 3.65. The number of benzene rings is 3. The molecule has 1 fully saturated rings. The van der Waals surface area contributed by atoms with E-state index >= 15 is 0 Å². The van der Waals surface area contributed by atoms with E-state index in [9.17, 15) is 26.6 Å². The van der Waals surface area contributed by atoms with E-state index in [1.807, 2.05) is 84.6 Å². The van der Waals surface area contributed by atoms with Gasteiger partial charge in [-0.25, -0.2) is 17.6 Å². The summed E-state index contributed by atoms with van der Waals surface area (Å²) in [5.41, 5.74) is 3.78. The first-order valence-corrected chi connectivity index (χ1v) is 19.8. The number of likely N-dealkylation sites (tertiary alicyclic amines) is 1. The van der Waals surface area contributed by atoms with E-state index in [0.717, 1.165) is 71.6 Å². The van der Waals surface area contributed by atoms with Crippen molar-refractivity contribution in [3.8, 4) is 0 Å². The molecular formula is C41H48F4N2O2S2. The summed E-state index contributed by atoms with van der Waals surface area (Å²) in [7, 11) is -1.39. The zero-order chi connectivity index (χ0) is 37.4. The van der Waals surface area contributed by atoms with Gasteiger partial charge in [0, 0.05) is 44.7 Å². The second-order valence-electron chi connectivity index (χ2n) is 14.5. The van der Waals surface area contributed by atoms with Crippen LogP contribution in [-0.2, 0) is 26.8 Å². The summed E-state index contributed by atoms with van der Waals surface area (Å²) >= 11 is 1.54. The molecule has 2 heterocycles. The van der Waals surface area contributed by atoms with E-state index in [4.69, 9.17) is 0 Å². The van der Waals surface area contributed by atoms with Crippen LogP contribution in [0.5, 0.6) is 0 Å². The Morgan fingerprint density at radius 3 is 2.14 bits per heavy atom. The summed E-state index contributed by atoms with van der Waals surface area (Å²) < 4.78 is 71.1. The van der Waals surface area contributed by atoms with Gasteiger partial charge in [0.15, 0.2) is 29.1 Å². The molecule has 0 aliphatic carbocycles. The third kappa shape index (κ3) is 8.08. The molecule has 10 heteroatoms. The fraction of sp³-hybridized carbons (Fsp3) is 0.439. The van der Waals surface area contributed by atoms with Crippen molar-refractivity contribution in [2.24, 2.45) is 11.8 Å². The van der Waals surface area contributed by atoms with Gasteiger partial charge in [0.1, 0.15) is 0 Å². The van der Waals surface area contributed by atoms with E-state index in [0.29, 0.717) is 21.9 Å². The molecule has 5 rings (SSSR count). The quantitative estimate of drug-likeness (QED) is 0.173. The van der Waals surface area contributed by atoms with Crippen LogP contribution in [0, 0.1) is 42.0 Å². The maximum Gasteiger partial charge on any atom is 0.160 e. The number of carbonyl (C=O) groups excluding carboxylic acids is 1. The molecule has 274 valence electrons. The van der Waals surface area contributed by atoms with Crippen LogP contribution in [0.4, 0.5) is 23.2 Å². The molecule has 0 radical (unpaired) electrons. The second kappa shape index (κ2) is 15.8. The minimum atomic E-state index is -1.39. The highest BCUT2D eigenvalue weighted by molar-refractivity contribution is 8.02. The zero-order valence-corrected chi connectivity index (χ0v) is 32.3. The van der Waals surface area contributed by atoms with Crippen molar-refractivity contribution in [1.82, 2.24) is 4.90 Å². The van der Waals surface area contributed by atoms with Gasteiger partial charge in [-0.2, -0.15) is 0 Å². The fourth-order valence-electron chi connectivity index (χ4n) is 6.92. The second-order valence-corrected chi connectivity index (χ2v) is 17.3. The van der Waals surface area contributed by atoms with Gasteiger partial charge in [0.05, 0.1) is 21.9 Å². The van der Waals surface area contributed by atoms with E-state index in [1.54, 1.807) is 17.8 Å². The number of anilines is 1. The van der Waals surface area contributed by atoms with E-state index in [2.05, 4.69) is 4.90 Å². The van der Waals surface area contributed by atoms with Crippen LogP contribution in [0.25, 0.3) is 0 Å². The molecule has 51 heavy (non-hydrogen) atoms. The Balaban J connectivity index is 1.41. The van der Waals surface area contributed by atoms with Crippen molar-refractivity contribution in [2.75, 3.05) is 18.0 Å². The number of rotatable bonds is 12. The molecule has 5 unspecified atom stereocenters. The minimum Gasteiger partial charge on any atom is -0.308 e. The van der Waals surface area contributed by atoms with Crippen molar-refractivity contribution in [2.45, 2.75) is 95.6 Å². The Hall–Kier alpha value is -3.21. The van der Waals surface area contributed by atoms with Crippen molar-refractivity contribution in [1.29, 1.82) is 0 Å². The molecule has 0 bridgehead atoms. The topological polar surface area (TPSA) is 40.6 Å². The van der Waals surface area contributed by atoms with Crippen LogP contribution in [0.2, 0.25) is 0 Å². The first-order valence-electron chi connectivity index (χ1n) is 17.6. The Bertz CT molecular complexity index is 1890. The van der Waals surface area contributed by atoms with Crippen LogP contribution in [0.3, 0.4) is 0 Å². The lowest BCUT2D eigenvalue weighted by molar-refractivity contribution is -0.126. The van der Waals surface area contributed by atoms with Crippen LogP contribution < -0.4 is 4.90 Å². The molecule has 2 aliphatic heterocycles. The van der Waals surface area contributed by atoms with Gasteiger partial charge in [-0.15, -0.1) is 11.8 Å². The Kier molecular flexibility index (Phi) is 12.1. The van der Waals surface area contributed by atoms with Crippen molar-refractivity contribution in [3.05, 3.63) is 117 Å². The molecule has 0 aromatic heterocycles. The monoisotopic (exact) mass is 740 g/mol. The number of Topliss-reactive ketones (excluding diaryl/α,β-unsaturated/α-hetero) is 1. The number of allylic oxidation sites excluding steroid dienone is 3. The molecule has 0 spiro atoms. The summed E-state index contributed by atoms with van der Waals surface area (Å²) in [6, 6.07) is 13.2. The van der Waals surface area contributed by atoms with Gasteiger partial charge in [0.25, 0.3) is 0 Å². The molecule has 0 N–H and O–H groups in total. The van der Waals surface area contributed by atoms with Crippen molar-refractivity contribution >= 4 is 34.0 Å². The number of halogens is 4. The van der Waals surface area contributed by atoms with E-state index < -0.39 is 39.5 Å². The molecule has 0 saturated carbocycles. The van der Waals surface area contributed by atoms with Gasteiger partial charge >= 0.3 is 0 Å². The average molecular weight is 741 g/mol. The van der Waals surface area contributed by atoms with Crippen molar-refractivity contribution in [3.63, 3.8) is 0 Å². The lowest BCUT2D eigenvalue weighted by atomic mass is 9.77. The lowest BCUT2D eigenvalue weighted by Crippen LogP contribution is -2.42. The van der Waals surface area contributed by atoms with Gasteiger partial charge in [0.2, 0.25) is 0 Å². The van der Waals surface area contributed by atoms with Gasteiger partial charge < -0.3 is 4.90 Å². The molecule has 5 atom stereocenters. The van der Waals surface area contributed by atoms with Crippen LogP contribution in [-0.4, -0.2) is 39.3 Å². The lowest BCUT2D eigenvalue weighted by Gasteiger charge is -2.43. The van der Waals surface area contributed by atoms with Gasteiger partial charge in [-0.1, -0.05) is 45.9 Å². The largest absolute Gasteiger partial charge is 0.308 e. The van der Waals surface area contributed by atoms with Crippen LogP contribution >= 0.6 is 11.8 Å². The predicted molar refractivity (Wildman–Crippen MR) is 201 cm³/mol. The summed E-state index contributed by atoms with van der Waals surface area (Å²) in [5.74, 6) is -3.62. The highest BCUT2D eigenvalue weighted by Gasteiger charge is 2.38. The molecule has 3 aromatic rings. The first kappa shape index (κ1) is 39.0. The van der Waals surface area contributed by atoms with E-state index in [-0.39, 0.29) is 28.9 Å². The number of nitrogens with zero attached hydrogens (tertiary/aromatic N) is 2. The SMILES string of the molecule is CC1=C(SCc2ccc(S(=O)C(C)C(C)C(=O)C(C)N3CCCC3)cc2C)N(c2ccc(F)c(F)c2)C(C(C)(C)c2ccc(F)c(F)c2)=CC1C. The smallest absolute Gasteiger partial charge is 0.160 e. The number of hydrogen-bond donors (Lipinski definition) is 0. The summed E-state index contributed by atoms with van der Waals surface area (Å²) in [6.07, 6.45) is 4.24. The van der Waals surface area contributed by atoms with Crippen molar-refractivity contribution < 1.29 is 26.6 Å². The number of thioether (sulfide) groups is 1. The van der Waals surface area contributed by atoms with Crippen LogP contribution in [0.1, 0.15) is 78.0 Å². The number of aryl methyl sites for hydroxylation is 1. The Morgan fingerprint density at radius 1 is 0.902 bits per heavy atom.